The molecule has 1 saturated heterocycles. The highest BCUT2D eigenvalue weighted by Crippen LogP contribution is 2.31. The van der Waals surface area contributed by atoms with Crippen molar-refractivity contribution in [2.24, 2.45) is 16.5 Å². The molecule has 0 atom stereocenters. The predicted molar refractivity (Wildman–Crippen MR) is 140 cm³/mol. The summed E-state index contributed by atoms with van der Waals surface area (Å²) >= 11 is 1.41. The summed E-state index contributed by atoms with van der Waals surface area (Å²) in [6, 6.07) is 16.4. The molecule has 3 aromatic rings. The normalized spacial score (nSPS) is 13.8. The van der Waals surface area contributed by atoms with Gasteiger partial charge >= 0.3 is 0 Å². The number of nitrogens with two attached hydrogens (primary N) is 2. The highest BCUT2D eigenvalue weighted by molar-refractivity contribution is 7.99. The standard InChI is InChI=1S/C25H27N7O2S/c1-16(26)14-21(27)29-22-15-23(32-12-5-13-32)31-25(30-22)35-18-10-8-17(9-11-18)28-24(33)19-6-3-4-7-20(19)34-2/h3-4,6-11,14-15H,5,12-13,26H2,1-2H3,(H,28,33)(H2,27,29,30,31)/b16-14-. The van der Waals surface area contributed by atoms with Crippen molar-refractivity contribution in [1.29, 1.82) is 0 Å². The quantitative estimate of drug-likeness (QED) is 0.246. The number of para-hydroxylation sites is 1. The number of aliphatic imine (C=N–C) groups is 1. The van der Waals surface area contributed by atoms with E-state index in [4.69, 9.17) is 21.2 Å². The molecule has 0 aliphatic carbocycles. The molecule has 2 aromatic carbocycles. The molecule has 35 heavy (non-hydrogen) atoms. The van der Waals surface area contributed by atoms with Crippen LogP contribution in [0.25, 0.3) is 0 Å². The predicted octanol–water partition coefficient (Wildman–Crippen LogP) is 3.95. The van der Waals surface area contributed by atoms with Crippen LogP contribution in [0.4, 0.5) is 17.3 Å². The minimum Gasteiger partial charge on any atom is -0.496 e. The van der Waals surface area contributed by atoms with Crippen molar-refractivity contribution in [3.63, 3.8) is 0 Å². The molecule has 180 valence electrons. The number of aromatic nitrogens is 2. The molecule has 5 N–H and O–H groups in total. The van der Waals surface area contributed by atoms with Crippen LogP contribution in [-0.2, 0) is 0 Å². The number of amides is 1. The minimum atomic E-state index is -0.240. The van der Waals surface area contributed by atoms with Crippen molar-refractivity contribution in [3.8, 4) is 5.75 Å². The maximum atomic E-state index is 12.6. The number of rotatable bonds is 8. The molecule has 0 radical (unpaired) electrons. The number of hydrogen-bond donors (Lipinski definition) is 3. The fourth-order valence-corrected chi connectivity index (χ4v) is 4.11. The number of ether oxygens (including phenoxy) is 1. The smallest absolute Gasteiger partial charge is 0.259 e. The van der Waals surface area contributed by atoms with Crippen molar-refractivity contribution >= 4 is 40.8 Å². The lowest BCUT2D eigenvalue weighted by Gasteiger charge is -2.32. The Hall–Kier alpha value is -4.05. The van der Waals surface area contributed by atoms with E-state index >= 15 is 0 Å². The third-order valence-electron chi connectivity index (χ3n) is 5.15. The van der Waals surface area contributed by atoms with Crippen LogP contribution >= 0.6 is 11.8 Å². The Morgan fingerprint density at radius 3 is 2.54 bits per heavy atom. The van der Waals surface area contributed by atoms with Gasteiger partial charge in [0.1, 0.15) is 17.4 Å². The van der Waals surface area contributed by atoms with E-state index in [1.807, 2.05) is 36.4 Å². The molecular weight excluding hydrogens is 462 g/mol. The molecule has 0 spiro atoms. The van der Waals surface area contributed by atoms with Crippen LogP contribution in [0.2, 0.25) is 0 Å². The number of nitrogens with zero attached hydrogens (tertiary/aromatic N) is 4. The van der Waals surface area contributed by atoms with Gasteiger partial charge in [-0.2, -0.15) is 0 Å². The highest BCUT2D eigenvalue weighted by Gasteiger charge is 2.18. The molecular formula is C25H27N7O2S. The van der Waals surface area contributed by atoms with Gasteiger partial charge in [-0.25, -0.2) is 15.0 Å². The van der Waals surface area contributed by atoms with Gasteiger partial charge in [0, 0.05) is 35.4 Å². The number of carbonyl (C=O) groups excluding carboxylic acids is 1. The molecule has 1 fully saturated rings. The maximum absolute atomic E-state index is 12.6. The Morgan fingerprint density at radius 1 is 1.14 bits per heavy atom. The number of allylic oxidation sites excluding steroid dienone is 1. The average molecular weight is 490 g/mol. The number of anilines is 2. The second kappa shape index (κ2) is 10.9. The van der Waals surface area contributed by atoms with E-state index in [1.54, 1.807) is 31.2 Å². The zero-order chi connectivity index (χ0) is 24.8. The largest absolute Gasteiger partial charge is 0.496 e. The summed E-state index contributed by atoms with van der Waals surface area (Å²) in [4.78, 5) is 29.4. The van der Waals surface area contributed by atoms with Gasteiger partial charge in [0.2, 0.25) is 0 Å². The third-order valence-corrected chi connectivity index (χ3v) is 6.02. The first-order valence-corrected chi connectivity index (χ1v) is 11.9. The summed E-state index contributed by atoms with van der Waals surface area (Å²) in [6.07, 6.45) is 2.72. The van der Waals surface area contributed by atoms with Crippen LogP contribution in [0.1, 0.15) is 23.7 Å². The van der Waals surface area contributed by atoms with E-state index in [-0.39, 0.29) is 11.7 Å². The zero-order valence-corrected chi connectivity index (χ0v) is 20.4. The van der Waals surface area contributed by atoms with E-state index in [0.717, 1.165) is 30.2 Å². The molecule has 0 saturated carbocycles. The van der Waals surface area contributed by atoms with Gasteiger partial charge in [-0.15, -0.1) is 0 Å². The number of benzene rings is 2. The highest BCUT2D eigenvalue weighted by atomic mass is 32.2. The van der Waals surface area contributed by atoms with Gasteiger partial charge in [0.05, 0.1) is 12.7 Å². The van der Waals surface area contributed by atoms with Crippen LogP contribution in [0, 0.1) is 0 Å². The molecule has 1 aromatic heterocycles. The minimum absolute atomic E-state index is 0.240. The van der Waals surface area contributed by atoms with Crippen LogP contribution in [0.3, 0.4) is 0 Å². The molecule has 0 unspecified atom stereocenters. The van der Waals surface area contributed by atoms with Gasteiger partial charge in [0.25, 0.3) is 5.91 Å². The molecule has 1 amide bonds. The number of hydrogen-bond acceptors (Lipinski definition) is 8. The summed E-state index contributed by atoms with van der Waals surface area (Å²) in [5.41, 5.74) is 13.4. The van der Waals surface area contributed by atoms with E-state index in [9.17, 15) is 4.79 Å². The van der Waals surface area contributed by atoms with Crippen molar-refractivity contribution in [3.05, 3.63) is 71.9 Å². The fourth-order valence-electron chi connectivity index (χ4n) is 3.35. The van der Waals surface area contributed by atoms with Gasteiger partial charge < -0.3 is 26.4 Å². The maximum Gasteiger partial charge on any atom is 0.259 e. The number of carbonyl (C=O) groups is 1. The lowest BCUT2D eigenvalue weighted by molar-refractivity contribution is 0.102. The number of amidine groups is 1. The molecule has 1 aliphatic rings. The van der Waals surface area contributed by atoms with Crippen molar-refractivity contribution in [2.45, 2.75) is 23.4 Å². The topological polar surface area (TPSA) is 132 Å². The first-order valence-electron chi connectivity index (χ1n) is 11.1. The number of methoxy groups -OCH3 is 1. The SMILES string of the molecule is COc1ccccc1C(=O)Nc1ccc(Sc2nc(N=C(N)/C=C(/C)N)cc(N3CCC3)n2)cc1. The summed E-state index contributed by atoms with van der Waals surface area (Å²) < 4.78 is 5.27. The molecule has 10 heteroatoms. The Morgan fingerprint density at radius 2 is 1.89 bits per heavy atom. The molecule has 4 rings (SSSR count). The van der Waals surface area contributed by atoms with Crippen LogP contribution < -0.4 is 26.4 Å². The van der Waals surface area contributed by atoms with Gasteiger partial charge in [-0.05, 0) is 67.6 Å². The van der Waals surface area contributed by atoms with E-state index in [1.165, 1.54) is 18.9 Å². The van der Waals surface area contributed by atoms with Crippen LogP contribution in [-0.4, -0.2) is 41.9 Å². The third kappa shape index (κ3) is 6.30. The summed E-state index contributed by atoms with van der Waals surface area (Å²) in [6.45, 7) is 3.64. The van der Waals surface area contributed by atoms with Gasteiger partial charge in [-0.1, -0.05) is 12.1 Å². The monoisotopic (exact) mass is 489 g/mol. The van der Waals surface area contributed by atoms with E-state index in [0.29, 0.717) is 33.7 Å². The van der Waals surface area contributed by atoms with Gasteiger partial charge in [0.15, 0.2) is 11.0 Å². The van der Waals surface area contributed by atoms with E-state index in [2.05, 4.69) is 20.2 Å². The summed E-state index contributed by atoms with van der Waals surface area (Å²) in [5, 5.41) is 3.45. The first kappa shape index (κ1) is 24.1. The molecule has 2 heterocycles. The second-order valence-electron chi connectivity index (χ2n) is 7.91. The first-order chi connectivity index (χ1) is 16.9. The molecule has 0 bridgehead atoms. The zero-order valence-electron chi connectivity index (χ0n) is 19.6. The average Bonchev–Trinajstić information content (AvgIpc) is 2.78. The summed E-state index contributed by atoms with van der Waals surface area (Å²) in [7, 11) is 1.54. The Labute approximate surface area is 208 Å². The lowest BCUT2D eigenvalue weighted by Crippen LogP contribution is -2.37. The van der Waals surface area contributed by atoms with Crippen molar-refractivity contribution in [2.75, 3.05) is 30.4 Å². The lowest BCUT2D eigenvalue weighted by atomic mass is 10.2. The summed E-state index contributed by atoms with van der Waals surface area (Å²) in [5.74, 6) is 1.85. The Balaban J connectivity index is 1.51. The Kier molecular flexibility index (Phi) is 7.51. The van der Waals surface area contributed by atoms with Crippen molar-refractivity contribution in [1.82, 2.24) is 9.97 Å². The van der Waals surface area contributed by atoms with Crippen LogP contribution in [0.5, 0.6) is 5.75 Å². The Bertz CT molecular complexity index is 1270. The van der Waals surface area contributed by atoms with Crippen LogP contribution in [0.15, 0.2) is 81.4 Å². The van der Waals surface area contributed by atoms with Crippen molar-refractivity contribution < 1.29 is 9.53 Å². The number of nitrogens with one attached hydrogen (secondary N) is 1. The van der Waals surface area contributed by atoms with Gasteiger partial charge in [-0.3, -0.25) is 4.79 Å². The molecule has 9 nitrogen and oxygen atoms in total. The van der Waals surface area contributed by atoms with E-state index < -0.39 is 0 Å². The second-order valence-corrected chi connectivity index (χ2v) is 8.95. The molecule has 1 aliphatic heterocycles. The fraction of sp³-hybridized carbons (Fsp3) is 0.200.